The van der Waals surface area contributed by atoms with Gasteiger partial charge in [-0.05, 0) is 151 Å². The predicted octanol–water partition coefficient (Wildman–Crippen LogP) is 33.1. The number of carbonyl (C=O) groups is 4. The van der Waals surface area contributed by atoms with Crippen LogP contribution in [0.1, 0.15) is 519 Å². The Morgan fingerprint density at radius 1 is 0.254 bits per heavy atom. The van der Waals surface area contributed by atoms with E-state index >= 15 is 0 Å². The summed E-state index contributed by atoms with van der Waals surface area (Å²) >= 11 is 0. The fraction of sp³-hybridized carbons (Fsp3) is 0.729. The summed E-state index contributed by atoms with van der Waals surface area (Å²) in [6.07, 6.45) is 86.0. The van der Waals surface area contributed by atoms with Gasteiger partial charge >= 0.3 is 17.9 Å². The SMILES string of the molecule is C=CC(=O)OCCCc1cc2c(OCCCCCCCCCCCCCCCCC)c(c1)Cc1cc(CCCOC(=O)C=C)cc(c1OCCCCCCCCCCCCCCCCC)Cc1cc(CCCOC(=O)CC(C)=O)cc(c1OCCCCCCCCCCCCCCCCC)Cc1cc(CCCO)cc(c1OCCCCCCCCCCCCCCCCC)C2. The summed E-state index contributed by atoms with van der Waals surface area (Å²) in [6, 6.07) is 18.8. The number of benzene rings is 4. The van der Waals surface area contributed by atoms with Crippen LogP contribution in [0.3, 0.4) is 0 Å². The molecule has 0 aromatic heterocycles. The lowest BCUT2D eigenvalue weighted by Gasteiger charge is -2.25. The molecule has 12 heteroatoms. The first-order valence-corrected chi connectivity index (χ1v) is 54.9. The minimum atomic E-state index is -0.502. The van der Waals surface area contributed by atoms with Crippen molar-refractivity contribution in [2.75, 3.05) is 52.9 Å². The van der Waals surface area contributed by atoms with E-state index in [9.17, 15) is 24.3 Å². The van der Waals surface area contributed by atoms with Gasteiger partial charge in [0.2, 0.25) is 0 Å². The van der Waals surface area contributed by atoms with Crippen LogP contribution < -0.4 is 18.9 Å². The van der Waals surface area contributed by atoms with E-state index in [0.29, 0.717) is 103 Å². The number of aliphatic hydroxyl groups is 1. The van der Waals surface area contributed by atoms with Crippen molar-refractivity contribution in [2.45, 2.75) is 503 Å². The van der Waals surface area contributed by atoms with Gasteiger partial charge in [-0.2, -0.15) is 0 Å². The number of ketones is 1. The molecule has 130 heavy (non-hydrogen) atoms. The molecule has 5 rings (SSSR count). The van der Waals surface area contributed by atoms with Gasteiger partial charge < -0.3 is 38.3 Å². The molecular weight excluding hydrogens is 1610 g/mol. The normalized spacial score (nSPS) is 11.9. The van der Waals surface area contributed by atoms with Gasteiger partial charge in [0.05, 0.1) is 46.2 Å². The van der Waals surface area contributed by atoms with Crippen LogP contribution in [0.25, 0.3) is 0 Å². The van der Waals surface area contributed by atoms with E-state index in [-0.39, 0.29) is 38.6 Å². The van der Waals surface area contributed by atoms with Gasteiger partial charge in [0.15, 0.2) is 0 Å². The van der Waals surface area contributed by atoms with Crippen LogP contribution in [0.2, 0.25) is 0 Å². The van der Waals surface area contributed by atoms with Crippen LogP contribution in [0.4, 0.5) is 0 Å². The Morgan fingerprint density at radius 3 is 0.608 bits per heavy atom. The summed E-state index contributed by atoms with van der Waals surface area (Å²) in [7, 11) is 0. The van der Waals surface area contributed by atoms with Crippen molar-refractivity contribution in [3.05, 3.63) is 141 Å². The molecule has 1 N–H and O–H groups in total. The fourth-order valence-corrected chi connectivity index (χ4v) is 19.1. The predicted molar refractivity (Wildman–Crippen MR) is 548 cm³/mol. The Balaban J connectivity index is 1.70. The van der Waals surface area contributed by atoms with Gasteiger partial charge in [-0.3, -0.25) is 9.59 Å². The molecule has 0 atom stereocenters. The fourth-order valence-electron chi connectivity index (χ4n) is 19.1. The molecule has 0 spiro atoms. The minimum absolute atomic E-state index is 0.0650. The monoisotopic (exact) mass is 1800 g/mol. The van der Waals surface area contributed by atoms with Crippen LogP contribution in [-0.4, -0.2) is 81.7 Å². The molecular formula is C118H192O12. The average Bonchev–Trinajstić information content (AvgIpc) is 0.772. The molecule has 0 fully saturated rings. The van der Waals surface area contributed by atoms with Gasteiger partial charge in [0.1, 0.15) is 35.2 Å². The number of rotatable bonds is 87. The molecule has 0 radical (unpaired) electrons. The molecule has 4 aromatic rings. The molecule has 0 saturated heterocycles. The third-order valence-electron chi connectivity index (χ3n) is 26.6. The number of unbranched alkanes of at least 4 members (excludes halogenated alkanes) is 56. The Kier molecular flexibility index (Phi) is 69.2. The molecule has 0 saturated carbocycles. The maximum absolute atomic E-state index is 13.0. The minimum Gasteiger partial charge on any atom is -0.493 e. The summed E-state index contributed by atoms with van der Waals surface area (Å²) in [5.41, 5.74) is 13.0. The number of hydrogen-bond donors (Lipinski definition) is 1. The first kappa shape index (κ1) is 114. The van der Waals surface area contributed by atoms with Gasteiger partial charge in [0, 0.05) is 44.4 Å². The van der Waals surface area contributed by atoms with Gasteiger partial charge in [0.25, 0.3) is 0 Å². The topological polar surface area (TPSA) is 153 Å². The standard InChI is InChI=1S/C118H192O12/c1-8-14-18-22-26-30-34-38-42-46-50-54-58-62-66-79-127-115-104-87-100(74-70-78-119)88-105(115)96-107-93-103(77-73-85-126-114(123)86-99(7)120)94-111(117(107)129-81-68-64-60-56-52-48-44-40-36-32-28-24-20-16-10-3)98-110-92-102(76-72-84-125-113(122)13-6)91-109(118(110)130-82-69-65-61-57-53-49-45-41-37-33-29-25-21-17-11-4)97-108-90-101(75-71-83-124-112(121)12-5)89-106(95-104)116(108)128-80-67-63-59-55-51-47-43-39-35-31-27-23-19-15-9-2/h12-13,87-94,119H,5-6,8-11,14-86,95-98H2,1-4,7H3. The highest BCUT2D eigenvalue weighted by Gasteiger charge is 2.26. The molecule has 4 aromatic carbocycles. The van der Waals surface area contributed by atoms with E-state index in [1.165, 1.54) is 353 Å². The molecule has 12 nitrogen and oxygen atoms in total. The second-order valence-electron chi connectivity index (χ2n) is 38.9. The highest BCUT2D eigenvalue weighted by molar-refractivity contribution is 5.94. The lowest BCUT2D eigenvalue weighted by atomic mass is 9.87. The smallest absolute Gasteiger partial charge is 0.330 e. The Labute approximate surface area is 796 Å². The van der Waals surface area contributed by atoms with Crippen LogP contribution >= 0.6 is 0 Å². The molecule has 736 valence electrons. The van der Waals surface area contributed by atoms with Crippen LogP contribution in [0.5, 0.6) is 23.0 Å². The zero-order chi connectivity index (χ0) is 92.8. The van der Waals surface area contributed by atoms with Crippen molar-refractivity contribution in [3.63, 3.8) is 0 Å². The number of hydrogen-bond acceptors (Lipinski definition) is 12. The third kappa shape index (κ3) is 55.4. The second kappa shape index (κ2) is 78.9. The zero-order valence-corrected chi connectivity index (χ0v) is 84.4. The van der Waals surface area contributed by atoms with E-state index in [1.54, 1.807) is 0 Å². The Morgan fingerprint density at radius 2 is 0.431 bits per heavy atom. The van der Waals surface area contributed by atoms with Gasteiger partial charge in [-0.15, -0.1) is 0 Å². The van der Waals surface area contributed by atoms with Crippen molar-refractivity contribution in [1.82, 2.24) is 0 Å². The van der Waals surface area contributed by atoms with Crippen LogP contribution in [0, 0.1) is 0 Å². The third-order valence-corrected chi connectivity index (χ3v) is 26.6. The van der Waals surface area contributed by atoms with E-state index in [2.05, 4.69) is 89.4 Å². The first-order valence-electron chi connectivity index (χ1n) is 54.9. The molecule has 1 aliphatic rings. The van der Waals surface area contributed by atoms with Crippen molar-refractivity contribution in [2.24, 2.45) is 0 Å². The van der Waals surface area contributed by atoms with E-state index in [4.69, 9.17) is 33.2 Å². The van der Waals surface area contributed by atoms with Crippen molar-refractivity contribution >= 4 is 23.7 Å². The molecule has 0 aliphatic heterocycles. The molecule has 0 heterocycles. The number of ether oxygens (including phenoxy) is 7. The lowest BCUT2D eigenvalue weighted by Crippen LogP contribution is -2.13. The van der Waals surface area contributed by atoms with Crippen LogP contribution in [0.15, 0.2) is 73.8 Å². The average molecular weight is 1800 g/mol. The maximum atomic E-state index is 13.0. The summed E-state index contributed by atoms with van der Waals surface area (Å²) in [5, 5.41) is 10.7. The second-order valence-corrected chi connectivity index (χ2v) is 38.9. The first-order chi connectivity index (χ1) is 63.9. The van der Waals surface area contributed by atoms with E-state index in [1.807, 2.05) is 0 Å². The molecule has 1 aliphatic carbocycles. The van der Waals surface area contributed by atoms with Gasteiger partial charge in [-0.25, -0.2) is 9.59 Å². The number of aliphatic hydroxyl groups excluding tert-OH is 1. The van der Waals surface area contributed by atoms with E-state index < -0.39 is 17.9 Å². The quantitative estimate of drug-likeness (QED) is 0.0130. The van der Waals surface area contributed by atoms with Crippen molar-refractivity contribution in [1.29, 1.82) is 0 Å². The van der Waals surface area contributed by atoms with E-state index in [0.717, 1.165) is 141 Å². The van der Waals surface area contributed by atoms with Gasteiger partial charge in [-0.1, -0.05) is 449 Å². The summed E-state index contributed by atoms with van der Waals surface area (Å²) in [4.78, 5) is 50.5. The summed E-state index contributed by atoms with van der Waals surface area (Å²) in [6.45, 7) is 21.0. The van der Waals surface area contributed by atoms with Crippen LogP contribution in [-0.2, 0) is 84.8 Å². The molecule has 8 bridgehead atoms. The summed E-state index contributed by atoms with van der Waals surface area (Å²) in [5.74, 6) is 1.96. The summed E-state index contributed by atoms with van der Waals surface area (Å²) < 4.78 is 47.3. The van der Waals surface area contributed by atoms with Crippen molar-refractivity contribution in [3.8, 4) is 23.0 Å². The number of carbonyl (C=O) groups excluding carboxylic acids is 4. The maximum Gasteiger partial charge on any atom is 0.330 e. The van der Waals surface area contributed by atoms with Crippen molar-refractivity contribution < 1.29 is 57.4 Å². The Bertz CT molecular complexity index is 3550. The largest absolute Gasteiger partial charge is 0.493 e. The highest BCUT2D eigenvalue weighted by Crippen LogP contribution is 2.43. The molecule has 0 amide bonds. The number of aryl methyl sites for hydroxylation is 4. The number of Topliss-reactive ketones (excluding diaryl/α,β-unsaturated/α-hetero) is 1. The Hall–Kier alpha value is -6.40. The number of esters is 3. The zero-order valence-electron chi connectivity index (χ0n) is 84.4. The molecule has 0 unspecified atom stereocenters. The highest BCUT2D eigenvalue weighted by atomic mass is 16.5. The lowest BCUT2D eigenvalue weighted by molar-refractivity contribution is -0.146. The number of fused-ring (bicyclic) bond motifs is 8.